The predicted molar refractivity (Wildman–Crippen MR) is 258 cm³/mol. The number of carbonyl (C=O) groups is 1. The van der Waals surface area contributed by atoms with Gasteiger partial charge < -0.3 is 10.0 Å². The molecule has 0 radical (unpaired) electrons. The highest BCUT2D eigenvalue weighted by Gasteiger charge is 2.45. The van der Waals surface area contributed by atoms with Crippen LogP contribution in [0, 0.1) is 27.7 Å². The molecule has 4 nitrogen and oxygen atoms in total. The molecule has 1 N–H and O–H groups in total. The molecule has 4 aromatic heterocycles. The van der Waals surface area contributed by atoms with Gasteiger partial charge in [0.05, 0.1) is 27.1 Å². The lowest BCUT2D eigenvalue weighted by molar-refractivity contribution is -0.111. The first-order valence-electron chi connectivity index (χ1n) is 19.8. The Morgan fingerprint density at radius 3 is 1.53 bits per heavy atom. The quantitative estimate of drug-likeness (QED) is 0.134. The molecular weight excluding hydrogens is 813 g/mol. The van der Waals surface area contributed by atoms with Crippen LogP contribution in [0.2, 0.25) is 0 Å². The van der Waals surface area contributed by atoms with Crippen molar-refractivity contribution in [3.8, 4) is 0 Å². The van der Waals surface area contributed by atoms with E-state index in [1.54, 1.807) is 45.3 Å². The number of aryl methyl sites for hydroxylation is 4. The Morgan fingerprint density at radius 2 is 0.967 bits per heavy atom. The summed E-state index contributed by atoms with van der Waals surface area (Å²) >= 11 is 6.57. The van der Waals surface area contributed by atoms with Crippen molar-refractivity contribution in [2.24, 2.45) is 0 Å². The first-order valence-corrected chi connectivity index (χ1v) is 23.3. The summed E-state index contributed by atoms with van der Waals surface area (Å²) in [4.78, 5) is 19.4. The largest absolute Gasteiger partial charge is 0.506 e. The van der Waals surface area contributed by atoms with Gasteiger partial charge in [-0.3, -0.25) is 4.79 Å². The summed E-state index contributed by atoms with van der Waals surface area (Å²) in [6.45, 7) is 8.43. The molecule has 60 heavy (non-hydrogen) atoms. The zero-order valence-electron chi connectivity index (χ0n) is 33.2. The highest BCUT2D eigenvalue weighted by Crippen LogP contribution is 2.55. The summed E-state index contributed by atoms with van der Waals surface area (Å²) in [7, 11) is 0. The predicted octanol–water partition coefficient (Wildman–Crippen LogP) is 15.0. The molecule has 11 rings (SSSR count). The van der Waals surface area contributed by atoms with E-state index < -0.39 is 0 Å². The lowest BCUT2D eigenvalue weighted by Gasteiger charge is -2.30. The number of thiophene rings is 4. The van der Waals surface area contributed by atoms with Crippen LogP contribution in [0.5, 0.6) is 0 Å². The molecule has 2 aliphatic carbocycles. The average molecular weight is 850 g/mol. The molecule has 0 fully saturated rings. The Balaban J connectivity index is 1.12. The fraction of sp³-hybridized carbons (Fsp3) is 0.0769. The highest BCUT2D eigenvalue weighted by atomic mass is 32.1. The molecule has 0 bridgehead atoms. The third-order valence-electron chi connectivity index (χ3n) is 11.6. The first kappa shape index (κ1) is 36.9. The highest BCUT2D eigenvalue weighted by molar-refractivity contribution is 7.20. The lowest BCUT2D eigenvalue weighted by atomic mass is 9.76. The first-order chi connectivity index (χ1) is 29.3. The van der Waals surface area contributed by atoms with Gasteiger partial charge in [-0.1, -0.05) is 70.8 Å². The number of nitrogens with zero attached hydrogens (tertiary/aromatic N) is 2. The fourth-order valence-corrected chi connectivity index (χ4v) is 12.5. The number of fused-ring (bicyclic) bond motifs is 4. The van der Waals surface area contributed by atoms with E-state index in [2.05, 4.69) is 180 Å². The van der Waals surface area contributed by atoms with Crippen molar-refractivity contribution in [2.45, 2.75) is 27.7 Å². The molecule has 0 aliphatic heterocycles. The number of carbonyl (C=O) groups excluding carboxylic acids is 1. The molecule has 2 aliphatic rings. The SMILES string of the molecule is Cc1ccc(N(c2ccc(C)cc2)c2c3ccsc3c(C3=C(O)/C(=C4\c5ccsc5C(=[N+](c5ccc(C)cc5)c5ccc(C)cc5)c5ccsc54)C3=O)c3ccsc23)cc1. The monoisotopic (exact) mass is 849 g/mol. The van der Waals surface area contributed by atoms with Crippen LogP contribution in [0.3, 0.4) is 0 Å². The molecule has 8 heteroatoms. The summed E-state index contributed by atoms with van der Waals surface area (Å²) < 4.78 is 4.39. The molecule has 0 spiro atoms. The van der Waals surface area contributed by atoms with Gasteiger partial charge in [-0.05, 0) is 97.7 Å². The standard InChI is InChI=1S/C52H36N2O2S4/c1-29-5-13-33(14-6-29)53(34-15-7-30(2)8-16-34)45-39-23-27-57-49(39)41(37-21-25-59-51(37)45)43-47(55)44(48(43)56)42-38-22-26-60-52(38)46(40-24-28-58-50(40)42)54(35-17-9-31(3)10-18-35)36-19-11-32(4)12-20-36/h5-28H,1-4H3/p+1. The van der Waals surface area contributed by atoms with E-state index in [0.29, 0.717) is 11.1 Å². The van der Waals surface area contributed by atoms with E-state index in [1.165, 1.54) is 22.3 Å². The maximum absolute atomic E-state index is 15.0. The molecule has 0 unspecified atom stereocenters. The number of rotatable bonds is 6. The number of Topliss-reactive ketones (excluding diaryl/α,β-unsaturated/α-hetero) is 1. The second kappa shape index (κ2) is 14.2. The third-order valence-corrected chi connectivity index (χ3v) is 15.3. The molecule has 0 atom stereocenters. The molecular formula is C52H37N2O2S4+. The van der Waals surface area contributed by atoms with Crippen molar-refractivity contribution >= 4 is 117 Å². The van der Waals surface area contributed by atoms with Crippen molar-refractivity contribution in [1.29, 1.82) is 0 Å². The second-order valence-electron chi connectivity index (χ2n) is 15.5. The maximum Gasteiger partial charge on any atom is 0.238 e. The minimum atomic E-state index is -0.125. The van der Waals surface area contributed by atoms with E-state index in [1.807, 2.05) is 0 Å². The van der Waals surface area contributed by atoms with Crippen LogP contribution in [0.15, 0.2) is 154 Å². The van der Waals surface area contributed by atoms with Crippen LogP contribution < -0.4 is 9.48 Å². The minimum Gasteiger partial charge on any atom is -0.506 e. The Morgan fingerprint density at radius 1 is 0.483 bits per heavy atom. The van der Waals surface area contributed by atoms with Gasteiger partial charge >= 0.3 is 0 Å². The molecule has 0 saturated heterocycles. The summed E-state index contributed by atoms with van der Waals surface area (Å²) in [5.41, 5.74) is 15.6. The zero-order valence-corrected chi connectivity index (χ0v) is 36.5. The summed E-state index contributed by atoms with van der Waals surface area (Å²) in [6, 6.07) is 43.2. The van der Waals surface area contributed by atoms with E-state index >= 15 is 4.79 Å². The van der Waals surface area contributed by atoms with Crippen molar-refractivity contribution in [3.63, 3.8) is 0 Å². The van der Waals surface area contributed by atoms with Gasteiger partial charge in [-0.25, -0.2) is 0 Å². The Hall–Kier alpha value is -6.16. The zero-order chi connectivity index (χ0) is 40.8. The van der Waals surface area contributed by atoms with Gasteiger partial charge in [-0.15, -0.1) is 45.3 Å². The van der Waals surface area contributed by atoms with Crippen molar-refractivity contribution in [1.82, 2.24) is 4.58 Å². The molecule has 9 aromatic rings. The Bertz CT molecular complexity index is 3110. The number of ketones is 1. The Labute approximate surface area is 364 Å². The maximum atomic E-state index is 15.0. The summed E-state index contributed by atoms with van der Waals surface area (Å²) in [5.74, 6) is -0.0620. The van der Waals surface area contributed by atoms with Crippen LogP contribution in [0.1, 0.15) is 48.7 Å². The van der Waals surface area contributed by atoms with Crippen molar-refractivity contribution in [2.75, 3.05) is 4.90 Å². The van der Waals surface area contributed by atoms with Crippen LogP contribution in [-0.2, 0) is 4.79 Å². The number of aliphatic hydroxyl groups excluding tert-OH is 1. The number of aliphatic hydroxyl groups is 1. The van der Waals surface area contributed by atoms with Gasteiger partial charge in [0, 0.05) is 72.7 Å². The number of anilines is 3. The Kier molecular flexibility index (Phi) is 8.76. The molecule has 0 saturated carbocycles. The van der Waals surface area contributed by atoms with Gasteiger partial charge in [0.2, 0.25) is 22.9 Å². The van der Waals surface area contributed by atoms with Gasteiger partial charge in [0.15, 0.2) is 0 Å². The molecule has 5 aromatic carbocycles. The summed E-state index contributed by atoms with van der Waals surface area (Å²) in [6.07, 6.45) is 0. The average Bonchev–Trinajstić information content (AvgIpc) is 4.10. The topological polar surface area (TPSA) is 43.5 Å². The molecule has 290 valence electrons. The van der Waals surface area contributed by atoms with Crippen LogP contribution in [-0.4, -0.2) is 16.6 Å². The van der Waals surface area contributed by atoms with E-state index in [4.69, 9.17) is 0 Å². The number of allylic oxidation sites excluding steroid dienone is 2. The second-order valence-corrected chi connectivity index (χ2v) is 19.2. The lowest BCUT2D eigenvalue weighted by Crippen LogP contribution is -2.27. The number of benzene rings is 5. The normalized spacial score (nSPS) is 14.8. The summed E-state index contributed by atoms with van der Waals surface area (Å²) in [5, 5.41) is 22.8. The smallest absolute Gasteiger partial charge is 0.238 e. The third kappa shape index (κ3) is 5.66. The van der Waals surface area contributed by atoms with Gasteiger partial charge in [0.25, 0.3) is 0 Å². The van der Waals surface area contributed by atoms with Gasteiger partial charge in [0.1, 0.15) is 10.6 Å². The number of hydrogen-bond donors (Lipinski definition) is 1. The minimum absolute atomic E-state index is 0.0627. The molecule has 0 amide bonds. The number of hydrogen-bond acceptors (Lipinski definition) is 7. The van der Waals surface area contributed by atoms with Crippen LogP contribution >= 0.6 is 45.3 Å². The van der Waals surface area contributed by atoms with E-state index in [0.717, 1.165) is 86.3 Å². The van der Waals surface area contributed by atoms with Crippen molar-refractivity contribution in [3.05, 3.63) is 203 Å². The van der Waals surface area contributed by atoms with Crippen molar-refractivity contribution < 1.29 is 9.90 Å². The van der Waals surface area contributed by atoms with Gasteiger partial charge in [-0.2, -0.15) is 4.58 Å². The fourth-order valence-electron chi connectivity index (χ4n) is 8.64. The van der Waals surface area contributed by atoms with E-state index in [9.17, 15) is 5.11 Å². The van der Waals surface area contributed by atoms with Crippen LogP contribution in [0.25, 0.3) is 31.3 Å². The molecule has 4 heterocycles. The van der Waals surface area contributed by atoms with E-state index in [-0.39, 0.29) is 11.5 Å². The van der Waals surface area contributed by atoms with Crippen LogP contribution in [0.4, 0.5) is 28.4 Å².